The maximum Gasteiger partial charge on any atom is 0.253 e. The molecule has 1 amide bonds. The molecule has 0 spiro atoms. The molecule has 0 unspecified atom stereocenters. The van der Waals surface area contributed by atoms with Crippen LogP contribution in [0.25, 0.3) is 0 Å². The molecule has 0 bridgehead atoms. The number of nitrogen functional groups attached to an aromatic ring is 1. The lowest BCUT2D eigenvalue weighted by atomic mass is 10.1. The van der Waals surface area contributed by atoms with Crippen molar-refractivity contribution in [2.45, 2.75) is 0 Å². The van der Waals surface area contributed by atoms with E-state index in [1.807, 2.05) is 0 Å². The number of amides is 1. The number of hydrogen-bond acceptors (Lipinski definition) is 3. The van der Waals surface area contributed by atoms with Crippen LogP contribution in [0.5, 0.6) is 0 Å². The molecule has 4 nitrogen and oxygen atoms in total. The van der Waals surface area contributed by atoms with Crippen LogP contribution in [-0.4, -0.2) is 24.9 Å². The van der Waals surface area contributed by atoms with Crippen LogP contribution in [0.15, 0.2) is 36.4 Å². The maximum atomic E-state index is 12.0. The second-order valence-electron chi connectivity index (χ2n) is 4.73. The van der Waals surface area contributed by atoms with Crippen LogP contribution in [0.2, 0.25) is 10.0 Å². The highest BCUT2D eigenvalue weighted by Crippen LogP contribution is 2.33. The largest absolute Gasteiger partial charge is 0.397 e. The molecule has 0 aromatic heterocycles. The Kier molecular flexibility index (Phi) is 4.60. The van der Waals surface area contributed by atoms with Crippen molar-refractivity contribution in [3.05, 3.63) is 52.0 Å². The first kappa shape index (κ1) is 15.5. The number of carbonyl (C=O) groups excluding carboxylic acids is 1. The molecule has 110 valence electrons. The number of nitrogens with zero attached hydrogens (tertiary/aromatic N) is 1. The highest BCUT2D eigenvalue weighted by atomic mass is 35.5. The van der Waals surface area contributed by atoms with Gasteiger partial charge in [-0.05, 0) is 30.3 Å². The molecule has 0 atom stereocenters. The molecule has 6 heteroatoms. The van der Waals surface area contributed by atoms with Gasteiger partial charge in [0.2, 0.25) is 0 Å². The smallest absolute Gasteiger partial charge is 0.253 e. The van der Waals surface area contributed by atoms with Crippen LogP contribution in [0.4, 0.5) is 17.1 Å². The van der Waals surface area contributed by atoms with Gasteiger partial charge in [0.05, 0.1) is 27.1 Å². The predicted octanol–water partition coefficient (Wildman–Crippen LogP) is 4.02. The zero-order valence-electron chi connectivity index (χ0n) is 11.7. The molecule has 2 aromatic carbocycles. The molecule has 2 rings (SSSR count). The van der Waals surface area contributed by atoms with E-state index in [2.05, 4.69) is 5.32 Å². The fourth-order valence-corrected chi connectivity index (χ4v) is 2.15. The van der Waals surface area contributed by atoms with Crippen molar-refractivity contribution in [1.82, 2.24) is 4.90 Å². The zero-order chi connectivity index (χ0) is 15.6. The molecule has 2 aromatic rings. The first-order chi connectivity index (χ1) is 9.90. The third-order valence-electron chi connectivity index (χ3n) is 2.93. The van der Waals surface area contributed by atoms with Gasteiger partial charge in [-0.15, -0.1) is 0 Å². The van der Waals surface area contributed by atoms with E-state index in [9.17, 15) is 4.79 Å². The lowest BCUT2D eigenvalue weighted by molar-refractivity contribution is 0.0827. The Morgan fingerprint density at radius 3 is 2.52 bits per heavy atom. The Labute approximate surface area is 133 Å². The highest BCUT2D eigenvalue weighted by molar-refractivity contribution is 6.43. The van der Waals surface area contributed by atoms with Crippen molar-refractivity contribution in [2.24, 2.45) is 0 Å². The quantitative estimate of drug-likeness (QED) is 0.838. The summed E-state index contributed by atoms with van der Waals surface area (Å²) in [5.74, 6) is -0.102. The predicted molar refractivity (Wildman–Crippen MR) is 88.6 cm³/mol. The van der Waals surface area contributed by atoms with Gasteiger partial charge in [0.25, 0.3) is 5.91 Å². The number of nitrogens with two attached hydrogens (primary N) is 1. The van der Waals surface area contributed by atoms with Crippen molar-refractivity contribution < 1.29 is 4.79 Å². The second-order valence-corrected chi connectivity index (χ2v) is 5.51. The third-order valence-corrected chi connectivity index (χ3v) is 3.75. The fraction of sp³-hybridized carbons (Fsp3) is 0.133. The van der Waals surface area contributed by atoms with Gasteiger partial charge in [-0.1, -0.05) is 29.3 Å². The molecule has 0 aliphatic carbocycles. The lowest BCUT2D eigenvalue weighted by Crippen LogP contribution is -2.21. The molecular weight excluding hydrogens is 309 g/mol. The first-order valence-electron chi connectivity index (χ1n) is 6.22. The number of hydrogen-bond donors (Lipinski definition) is 2. The third kappa shape index (κ3) is 3.40. The maximum absolute atomic E-state index is 12.0. The number of benzene rings is 2. The van der Waals surface area contributed by atoms with Gasteiger partial charge in [0, 0.05) is 19.7 Å². The molecule has 0 saturated heterocycles. The standard InChI is InChI=1S/C15H15Cl2N3O/c1-20(2)15(21)9-6-7-11(18)13(8-9)19-12-5-3-4-10(16)14(12)17/h3-8,19H,18H2,1-2H3. The SMILES string of the molecule is CN(C)C(=O)c1ccc(N)c(Nc2cccc(Cl)c2Cl)c1. The van der Waals surface area contributed by atoms with E-state index in [0.29, 0.717) is 32.7 Å². The summed E-state index contributed by atoms with van der Waals surface area (Å²) in [4.78, 5) is 13.5. The minimum atomic E-state index is -0.102. The van der Waals surface area contributed by atoms with Gasteiger partial charge in [0.1, 0.15) is 0 Å². The summed E-state index contributed by atoms with van der Waals surface area (Å²) in [6.45, 7) is 0. The Morgan fingerprint density at radius 2 is 1.86 bits per heavy atom. The Balaban J connectivity index is 2.38. The summed E-state index contributed by atoms with van der Waals surface area (Å²) in [6.07, 6.45) is 0. The summed E-state index contributed by atoms with van der Waals surface area (Å²) in [5.41, 5.74) is 8.22. The van der Waals surface area contributed by atoms with Crippen LogP contribution in [-0.2, 0) is 0 Å². The van der Waals surface area contributed by atoms with E-state index in [1.165, 1.54) is 4.90 Å². The summed E-state index contributed by atoms with van der Waals surface area (Å²) in [7, 11) is 3.39. The minimum Gasteiger partial charge on any atom is -0.397 e. The van der Waals surface area contributed by atoms with Gasteiger partial charge < -0.3 is 16.0 Å². The van der Waals surface area contributed by atoms with Crippen LogP contribution in [0, 0.1) is 0 Å². The molecule has 0 aliphatic heterocycles. The topological polar surface area (TPSA) is 58.4 Å². The summed E-state index contributed by atoms with van der Waals surface area (Å²) >= 11 is 12.1. The van der Waals surface area contributed by atoms with E-state index in [-0.39, 0.29) is 5.91 Å². The van der Waals surface area contributed by atoms with E-state index in [4.69, 9.17) is 28.9 Å². The van der Waals surface area contributed by atoms with Gasteiger partial charge in [0.15, 0.2) is 0 Å². The molecule has 0 heterocycles. The molecule has 21 heavy (non-hydrogen) atoms. The molecular formula is C15H15Cl2N3O. The van der Waals surface area contributed by atoms with E-state index < -0.39 is 0 Å². The average molecular weight is 324 g/mol. The molecule has 0 aliphatic rings. The van der Waals surface area contributed by atoms with Crippen molar-refractivity contribution in [3.8, 4) is 0 Å². The minimum absolute atomic E-state index is 0.102. The lowest BCUT2D eigenvalue weighted by Gasteiger charge is -2.15. The molecule has 3 N–H and O–H groups in total. The molecule has 0 radical (unpaired) electrons. The molecule has 0 saturated carbocycles. The van der Waals surface area contributed by atoms with E-state index in [0.717, 1.165) is 0 Å². The van der Waals surface area contributed by atoms with Crippen LogP contribution in [0.3, 0.4) is 0 Å². The Hall–Kier alpha value is -1.91. The first-order valence-corrected chi connectivity index (χ1v) is 6.98. The Bertz CT molecular complexity index is 687. The Morgan fingerprint density at radius 1 is 1.14 bits per heavy atom. The van der Waals surface area contributed by atoms with Crippen molar-refractivity contribution in [3.63, 3.8) is 0 Å². The van der Waals surface area contributed by atoms with Crippen LogP contribution >= 0.6 is 23.2 Å². The van der Waals surface area contributed by atoms with Gasteiger partial charge in [-0.3, -0.25) is 4.79 Å². The fourth-order valence-electron chi connectivity index (χ4n) is 1.80. The second kappa shape index (κ2) is 6.24. The van der Waals surface area contributed by atoms with Crippen LogP contribution in [0.1, 0.15) is 10.4 Å². The highest BCUT2D eigenvalue weighted by Gasteiger charge is 2.12. The van der Waals surface area contributed by atoms with Gasteiger partial charge in [-0.25, -0.2) is 0 Å². The zero-order valence-corrected chi connectivity index (χ0v) is 13.2. The summed E-state index contributed by atoms with van der Waals surface area (Å²) in [6, 6.07) is 10.3. The van der Waals surface area contributed by atoms with Gasteiger partial charge >= 0.3 is 0 Å². The number of anilines is 3. The molecule has 0 fully saturated rings. The summed E-state index contributed by atoms with van der Waals surface area (Å²) < 4.78 is 0. The van der Waals surface area contributed by atoms with Crippen molar-refractivity contribution in [1.29, 1.82) is 0 Å². The number of halogens is 2. The van der Waals surface area contributed by atoms with Crippen molar-refractivity contribution >= 4 is 46.2 Å². The monoisotopic (exact) mass is 323 g/mol. The van der Waals surface area contributed by atoms with Gasteiger partial charge in [-0.2, -0.15) is 0 Å². The summed E-state index contributed by atoms with van der Waals surface area (Å²) in [5, 5.41) is 3.95. The number of nitrogens with one attached hydrogen (secondary N) is 1. The average Bonchev–Trinajstić information content (AvgIpc) is 2.45. The normalized spacial score (nSPS) is 10.3. The van der Waals surface area contributed by atoms with E-state index in [1.54, 1.807) is 50.5 Å². The van der Waals surface area contributed by atoms with Crippen molar-refractivity contribution in [2.75, 3.05) is 25.1 Å². The van der Waals surface area contributed by atoms with E-state index >= 15 is 0 Å². The number of carbonyl (C=O) groups is 1. The number of rotatable bonds is 3. The van der Waals surface area contributed by atoms with Crippen LogP contribution < -0.4 is 11.1 Å².